The maximum atomic E-state index is 11.5. The number of carbonyl (C=O) groups excluding carboxylic acids is 2. The number of carbonyl (C=O) groups is 2. The van der Waals surface area contributed by atoms with E-state index in [0.29, 0.717) is 25.6 Å². The van der Waals surface area contributed by atoms with Crippen LogP contribution in [0.15, 0.2) is 0 Å². The molecule has 0 saturated heterocycles. The molecule has 0 aliphatic carbocycles. The predicted octanol–water partition coefficient (Wildman–Crippen LogP) is 1.22. The number of hydrogen-bond donors (Lipinski definition) is 3. The summed E-state index contributed by atoms with van der Waals surface area (Å²) in [6, 6.07) is 0.318. The van der Waals surface area contributed by atoms with Crippen LogP contribution in [0.25, 0.3) is 0 Å². The molecule has 0 bridgehead atoms. The van der Waals surface area contributed by atoms with Crippen LogP contribution in [-0.2, 0) is 9.59 Å². The number of likely N-dealkylation sites (N-methyl/N-ethyl adjacent to an activating group) is 1. The number of nitrogens with one attached hydrogen (secondary N) is 3. The summed E-state index contributed by atoms with van der Waals surface area (Å²) in [6.07, 6.45) is 3.34. The van der Waals surface area contributed by atoms with E-state index in [9.17, 15) is 9.59 Å². The molecule has 6 heteroatoms. The summed E-state index contributed by atoms with van der Waals surface area (Å²) in [5.74, 6) is 0.115. The molecule has 0 heterocycles. The SMILES string of the molecule is CCN[C@H](C)CNC(=O)CCCCCNC(C)=O.Cl. The Labute approximate surface area is 122 Å². The van der Waals surface area contributed by atoms with Gasteiger partial charge in [-0.2, -0.15) is 0 Å². The molecular weight excluding hydrogens is 266 g/mol. The molecule has 3 N–H and O–H groups in total. The molecule has 0 aromatic heterocycles. The van der Waals surface area contributed by atoms with Gasteiger partial charge in [0, 0.05) is 32.5 Å². The number of halogens is 1. The van der Waals surface area contributed by atoms with Gasteiger partial charge in [0.25, 0.3) is 0 Å². The van der Waals surface area contributed by atoms with Crippen LogP contribution in [-0.4, -0.2) is 37.5 Å². The third-order valence-corrected chi connectivity index (χ3v) is 2.61. The summed E-state index contributed by atoms with van der Waals surface area (Å²) in [4.78, 5) is 22.1. The minimum atomic E-state index is 0. The second kappa shape index (κ2) is 13.6. The van der Waals surface area contributed by atoms with Crippen molar-refractivity contribution in [3.63, 3.8) is 0 Å². The van der Waals surface area contributed by atoms with Gasteiger partial charge in [-0.1, -0.05) is 13.3 Å². The molecule has 114 valence electrons. The summed E-state index contributed by atoms with van der Waals surface area (Å²) in [5.41, 5.74) is 0. The molecule has 0 aromatic carbocycles. The summed E-state index contributed by atoms with van der Waals surface area (Å²) in [6.45, 7) is 7.91. The van der Waals surface area contributed by atoms with E-state index in [1.54, 1.807) is 0 Å². The third kappa shape index (κ3) is 15.1. The summed E-state index contributed by atoms with van der Waals surface area (Å²) in [5, 5.41) is 8.89. The lowest BCUT2D eigenvalue weighted by Crippen LogP contribution is -2.38. The Balaban J connectivity index is 0. The van der Waals surface area contributed by atoms with Crippen molar-refractivity contribution in [1.82, 2.24) is 16.0 Å². The Bertz CT molecular complexity index is 250. The summed E-state index contributed by atoms with van der Waals surface area (Å²) >= 11 is 0. The molecule has 0 rings (SSSR count). The highest BCUT2D eigenvalue weighted by Gasteiger charge is 2.03. The van der Waals surface area contributed by atoms with E-state index in [1.807, 2.05) is 6.92 Å². The monoisotopic (exact) mass is 293 g/mol. The van der Waals surface area contributed by atoms with Crippen molar-refractivity contribution in [2.24, 2.45) is 0 Å². The molecule has 0 fully saturated rings. The van der Waals surface area contributed by atoms with E-state index >= 15 is 0 Å². The average Bonchev–Trinajstić information content (AvgIpc) is 2.31. The van der Waals surface area contributed by atoms with Crippen LogP contribution in [0, 0.1) is 0 Å². The maximum absolute atomic E-state index is 11.5. The van der Waals surface area contributed by atoms with Gasteiger partial charge in [0.15, 0.2) is 0 Å². The average molecular weight is 294 g/mol. The van der Waals surface area contributed by atoms with Crippen LogP contribution >= 0.6 is 12.4 Å². The highest BCUT2D eigenvalue weighted by atomic mass is 35.5. The topological polar surface area (TPSA) is 70.2 Å². The largest absolute Gasteiger partial charge is 0.356 e. The molecule has 0 unspecified atom stereocenters. The molecule has 19 heavy (non-hydrogen) atoms. The third-order valence-electron chi connectivity index (χ3n) is 2.61. The highest BCUT2D eigenvalue weighted by molar-refractivity contribution is 5.85. The van der Waals surface area contributed by atoms with Crippen LogP contribution in [0.1, 0.15) is 46.5 Å². The van der Waals surface area contributed by atoms with Gasteiger partial charge in [-0.15, -0.1) is 12.4 Å². The molecule has 0 saturated carbocycles. The fraction of sp³-hybridized carbons (Fsp3) is 0.846. The summed E-state index contributed by atoms with van der Waals surface area (Å²) < 4.78 is 0. The van der Waals surface area contributed by atoms with Gasteiger partial charge in [-0.3, -0.25) is 9.59 Å². The summed E-state index contributed by atoms with van der Waals surface area (Å²) in [7, 11) is 0. The molecule has 0 aromatic rings. The lowest BCUT2D eigenvalue weighted by molar-refractivity contribution is -0.121. The Kier molecular flexibility index (Phi) is 14.7. The smallest absolute Gasteiger partial charge is 0.220 e. The fourth-order valence-electron chi connectivity index (χ4n) is 1.63. The van der Waals surface area contributed by atoms with E-state index in [2.05, 4.69) is 22.9 Å². The van der Waals surface area contributed by atoms with E-state index in [0.717, 1.165) is 25.8 Å². The fourth-order valence-corrected chi connectivity index (χ4v) is 1.63. The lowest BCUT2D eigenvalue weighted by Gasteiger charge is -2.13. The molecule has 0 aliphatic rings. The van der Waals surface area contributed by atoms with E-state index in [-0.39, 0.29) is 24.2 Å². The number of hydrogen-bond acceptors (Lipinski definition) is 3. The molecule has 0 radical (unpaired) electrons. The minimum absolute atomic E-state index is 0. The standard InChI is InChI=1S/C13H27N3O2.ClH/c1-4-14-11(2)10-16-13(18)8-6-5-7-9-15-12(3)17;/h11,14H,4-10H2,1-3H3,(H,15,17)(H,16,18);1H/t11-;/m1./s1. The van der Waals surface area contributed by atoms with Gasteiger partial charge < -0.3 is 16.0 Å². The van der Waals surface area contributed by atoms with E-state index in [4.69, 9.17) is 0 Å². The van der Waals surface area contributed by atoms with Crippen molar-refractivity contribution < 1.29 is 9.59 Å². The Hall–Kier alpha value is -0.810. The Morgan fingerprint density at radius 1 is 1.11 bits per heavy atom. The van der Waals surface area contributed by atoms with Gasteiger partial charge in [-0.25, -0.2) is 0 Å². The van der Waals surface area contributed by atoms with Crippen molar-refractivity contribution in [1.29, 1.82) is 0 Å². The number of unbranched alkanes of at least 4 members (excludes halogenated alkanes) is 2. The molecule has 2 amide bonds. The molecular formula is C13H28ClN3O2. The van der Waals surface area contributed by atoms with Crippen LogP contribution in [0.4, 0.5) is 0 Å². The first-order chi connectivity index (χ1) is 8.56. The van der Waals surface area contributed by atoms with Crippen molar-refractivity contribution >= 4 is 24.2 Å². The van der Waals surface area contributed by atoms with Crippen LogP contribution in [0.2, 0.25) is 0 Å². The molecule has 0 aliphatic heterocycles. The first-order valence-electron chi connectivity index (χ1n) is 6.80. The van der Waals surface area contributed by atoms with Gasteiger partial charge in [-0.05, 0) is 26.3 Å². The van der Waals surface area contributed by atoms with Gasteiger partial charge in [0.05, 0.1) is 0 Å². The highest BCUT2D eigenvalue weighted by Crippen LogP contribution is 1.98. The second-order valence-corrected chi connectivity index (χ2v) is 4.56. The first kappa shape index (κ1) is 20.5. The van der Waals surface area contributed by atoms with Crippen molar-refractivity contribution in [2.75, 3.05) is 19.6 Å². The number of amides is 2. The van der Waals surface area contributed by atoms with Gasteiger partial charge in [0.1, 0.15) is 0 Å². The quantitative estimate of drug-likeness (QED) is 0.531. The van der Waals surface area contributed by atoms with Crippen LogP contribution < -0.4 is 16.0 Å². The van der Waals surface area contributed by atoms with Crippen molar-refractivity contribution in [3.8, 4) is 0 Å². The van der Waals surface area contributed by atoms with E-state index in [1.165, 1.54) is 6.92 Å². The maximum Gasteiger partial charge on any atom is 0.220 e. The van der Waals surface area contributed by atoms with Crippen LogP contribution in [0.5, 0.6) is 0 Å². The van der Waals surface area contributed by atoms with Crippen LogP contribution in [0.3, 0.4) is 0 Å². The normalized spacial score (nSPS) is 11.3. The first-order valence-corrected chi connectivity index (χ1v) is 6.80. The molecule has 0 spiro atoms. The Morgan fingerprint density at radius 3 is 2.37 bits per heavy atom. The van der Waals surface area contributed by atoms with Crippen molar-refractivity contribution in [2.45, 2.75) is 52.5 Å². The Morgan fingerprint density at radius 2 is 1.79 bits per heavy atom. The minimum Gasteiger partial charge on any atom is -0.356 e. The zero-order chi connectivity index (χ0) is 13.8. The van der Waals surface area contributed by atoms with Gasteiger partial charge >= 0.3 is 0 Å². The zero-order valence-electron chi connectivity index (χ0n) is 12.3. The van der Waals surface area contributed by atoms with E-state index < -0.39 is 0 Å². The van der Waals surface area contributed by atoms with Gasteiger partial charge in [0.2, 0.25) is 11.8 Å². The lowest BCUT2D eigenvalue weighted by atomic mass is 10.2. The predicted molar refractivity (Wildman–Crippen MR) is 80.5 cm³/mol. The molecule has 5 nitrogen and oxygen atoms in total. The number of rotatable bonds is 10. The zero-order valence-corrected chi connectivity index (χ0v) is 13.1. The van der Waals surface area contributed by atoms with Crippen molar-refractivity contribution in [3.05, 3.63) is 0 Å². The molecule has 1 atom stereocenters. The second-order valence-electron chi connectivity index (χ2n) is 4.56.